The summed E-state index contributed by atoms with van der Waals surface area (Å²) >= 11 is 2.29. The van der Waals surface area contributed by atoms with Gasteiger partial charge in [-0.1, -0.05) is 60.7 Å². The monoisotopic (exact) mass is 545 g/mol. The highest BCUT2D eigenvalue weighted by molar-refractivity contribution is 14.1. The average molecular weight is 545 g/mol. The molecule has 0 saturated carbocycles. The Morgan fingerprint density at radius 1 is 0.750 bits per heavy atom. The molecule has 2 unspecified atom stereocenters. The Bertz CT molecular complexity index is 1020. The Morgan fingerprint density at radius 3 is 1.88 bits per heavy atom. The summed E-state index contributed by atoms with van der Waals surface area (Å²) < 4.78 is 26.4. The fourth-order valence-corrected chi connectivity index (χ4v) is 4.77. The molecule has 7 heteroatoms. The van der Waals surface area contributed by atoms with E-state index in [1.165, 1.54) is 0 Å². The van der Waals surface area contributed by atoms with Crippen molar-refractivity contribution in [3.05, 3.63) is 99.4 Å². The minimum atomic E-state index is -0.603. The van der Waals surface area contributed by atoms with Crippen LogP contribution in [-0.4, -0.2) is 41.1 Å². The number of hydrogen-bond donors (Lipinski definition) is 1. The first-order valence-electron chi connectivity index (χ1n) is 10.6. The second-order valence-electron chi connectivity index (χ2n) is 7.89. The molecule has 2 aliphatic rings. The van der Waals surface area contributed by atoms with Crippen LogP contribution < -0.4 is 0 Å². The minimum absolute atomic E-state index is 0.172. The first-order valence-corrected chi connectivity index (χ1v) is 11.7. The van der Waals surface area contributed by atoms with Crippen molar-refractivity contribution in [2.75, 3.05) is 6.61 Å². The summed E-state index contributed by atoms with van der Waals surface area (Å²) in [7, 11) is 0. The minimum Gasteiger partial charge on any atom is -0.394 e. The van der Waals surface area contributed by atoms with E-state index in [4.69, 9.17) is 18.9 Å². The van der Waals surface area contributed by atoms with E-state index in [0.29, 0.717) is 6.42 Å². The van der Waals surface area contributed by atoms with Crippen molar-refractivity contribution < 1.29 is 24.1 Å². The number of hydrogen-bond acceptors (Lipinski definition) is 6. The predicted molar refractivity (Wildman–Crippen MR) is 126 cm³/mol. The quantitative estimate of drug-likeness (QED) is 0.486. The van der Waals surface area contributed by atoms with Gasteiger partial charge >= 0.3 is 0 Å². The molecule has 32 heavy (non-hydrogen) atoms. The Morgan fingerprint density at radius 2 is 1.31 bits per heavy atom. The summed E-state index contributed by atoms with van der Waals surface area (Å²) in [4.78, 5) is 4.20. The summed E-state index contributed by atoms with van der Waals surface area (Å²) in [5.74, 6) is 0. The van der Waals surface area contributed by atoms with E-state index in [1.54, 1.807) is 6.20 Å². The van der Waals surface area contributed by atoms with E-state index in [9.17, 15) is 5.11 Å². The van der Waals surface area contributed by atoms with Crippen LogP contribution in [0.3, 0.4) is 0 Å². The number of aliphatic hydroxyl groups excluding tert-OH is 1. The predicted octanol–water partition coefficient (Wildman–Crippen LogP) is 4.19. The molecule has 2 saturated heterocycles. The molecule has 0 spiro atoms. The lowest BCUT2D eigenvalue weighted by atomic mass is 9.94. The maximum atomic E-state index is 10.2. The van der Waals surface area contributed by atoms with Crippen LogP contribution in [0.1, 0.15) is 29.3 Å². The van der Waals surface area contributed by atoms with Gasteiger partial charge in [0, 0.05) is 33.5 Å². The zero-order chi connectivity index (χ0) is 21.9. The van der Waals surface area contributed by atoms with Crippen LogP contribution in [0.5, 0.6) is 0 Å². The first-order chi connectivity index (χ1) is 15.7. The van der Waals surface area contributed by atoms with Gasteiger partial charge in [0.25, 0.3) is 0 Å². The van der Waals surface area contributed by atoms with Gasteiger partial charge in [-0.3, -0.25) is 4.98 Å². The maximum absolute atomic E-state index is 10.2. The third-order valence-corrected chi connectivity index (χ3v) is 6.79. The molecule has 6 atom stereocenters. The molecular weight excluding hydrogens is 521 g/mol. The highest BCUT2D eigenvalue weighted by Crippen LogP contribution is 2.41. The van der Waals surface area contributed by atoms with E-state index < -0.39 is 30.9 Å². The van der Waals surface area contributed by atoms with Crippen LogP contribution in [0, 0.1) is 3.57 Å². The maximum Gasteiger partial charge on any atom is 0.184 e. The molecule has 6 nitrogen and oxygen atoms in total. The van der Waals surface area contributed by atoms with Gasteiger partial charge in [-0.15, -0.1) is 0 Å². The molecular formula is C25H24INO5. The van der Waals surface area contributed by atoms with Gasteiger partial charge in [-0.05, 0) is 34.2 Å². The molecule has 3 heterocycles. The van der Waals surface area contributed by atoms with Crippen molar-refractivity contribution in [1.29, 1.82) is 0 Å². The number of fused-ring (bicyclic) bond motifs is 1. The molecule has 0 radical (unpaired) electrons. The summed E-state index contributed by atoms with van der Waals surface area (Å²) in [5, 5.41) is 10.2. The zero-order valence-electron chi connectivity index (χ0n) is 17.3. The van der Waals surface area contributed by atoms with Crippen molar-refractivity contribution in [2.45, 2.75) is 43.4 Å². The van der Waals surface area contributed by atoms with Gasteiger partial charge in [0.1, 0.15) is 18.3 Å². The van der Waals surface area contributed by atoms with Crippen molar-refractivity contribution >= 4 is 22.6 Å². The number of ether oxygens (including phenoxy) is 4. The fraction of sp³-hybridized carbons (Fsp3) is 0.320. The molecule has 5 rings (SSSR count). The Balaban J connectivity index is 1.48. The number of benzene rings is 2. The van der Waals surface area contributed by atoms with E-state index in [0.717, 1.165) is 20.3 Å². The highest BCUT2D eigenvalue weighted by Gasteiger charge is 2.50. The third-order valence-electron chi connectivity index (χ3n) is 5.82. The lowest BCUT2D eigenvalue weighted by molar-refractivity contribution is -0.384. The number of pyridine rings is 1. The molecule has 2 fully saturated rings. The molecule has 0 bridgehead atoms. The molecule has 2 aliphatic heterocycles. The number of nitrogens with zero attached hydrogens (tertiary/aromatic N) is 1. The van der Waals surface area contributed by atoms with E-state index >= 15 is 0 Å². The molecule has 3 aromatic rings. The summed E-state index contributed by atoms with van der Waals surface area (Å²) in [6.45, 7) is -0.172. The van der Waals surface area contributed by atoms with Crippen LogP contribution in [0.25, 0.3) is 0 Å². The molecule has 0 aliphatic carbocycles. The van der Waals surface area contributed by atoms with Crippen LogP contribution in [0.2, 0.25) is 0 Å². The Labute approximate surface area is 200 Å². The lowest BCUT2D eigenvalue weighted by Crippen LogP contribution is -2.59. The molecule has 1 N–H and O–H groups in total. The summed E-state index contributed by atoms with van der Waals surface area (Å²) in [6.07, 6.45) is 1.39. The number of aromatic nitrogens is 1. The molecule has 0 amide bonds. The second kappa shape index (κ2) is 9.94. The van der Waals surface area contributed by atoms with E-state index in [-0.39, 0.29) is 12.7 Å². The largest absolute Gasteiger partial charge is 0.394 e. The SMILES string of the molecule is OC[C@H]1OC(c2ccccc2)O[C@@H]2[C@@H]1OC(c1ccccc1)O[C@@H]2Cc1ccncc1I. The van der Waals surface area contributed by atoms with Gasteiger partial charge in [-0.25, -0.2) is 0 Å². The standard InChI is InChI=1S/C25H24INO5/c26-19-14-27-12-11-18(19)13-20-22-23(32-24(29-20)16-7-3-1-4-8-16)21(15-28)30-25(31-22)17-9-5-2-6-10-17/h1-12,14,20-25,28H,13,15H2/t20-,21-,22+,23-,24?,25?/m1/s1. The molecule has 2 aromatic carbocycles. The van der Waals surface area contributed by atoms with Crippen LogP contribution >= 0.6 is 22.6 Å². The smallest absolute Gasteiger partial charge is 0.184 e. The topological polar surface area (TPSA) is 70.0 Å². The van der Waals surface area contributed by atoms with Crippen molar-refractivity contribution in [3.63, 3.8) is 0 Å². The fourth-order valence-electron chi connectivity index (χ4n) is 4.21. The molecule has 166 valence electrons. The van der Waals surface area contributed by atoms with Crippen molar-refractivity contribution in [1.82, 2.24) is 4.98 Å². The molecule has 1 aromatic heterocycles. The van der Waals surface area contributed by atoms with Gasteiger partial charge in [0.2, 0.25) is 0 Å². The van der Waals surface area contributed by atoms with Crippen LogP contribution in [-0.2, 0) is 25.4 Å². The Hall–Kier alpha value is -1.88. The highest BCUT2D eigenvalue weighted by atomic mass is 127. The number of halogens is 1. The summed E-state index contributed by atoms with van der Waals surface area (Å²) in [6, 6.07) is 21.6. The lowest BCUT2D eigenvalue weighted by Gasteiger charge is -2.49. The summed E-state index contributed by atoms with van der Waals surface area (Å²) in [5.41, 5.74) is 2.94. The van der Waals surface area contributed by atoms with E-state index in [1.807, 2.05) is 72.9 Å². The van der Waals surface area contributed by atoms with Crippen LogP contribution in [0.15, 0.2) is 79.1 Å². The second-order valence-corrected chi connectivity index (χ2v) is 9.05. The van der Waals surface area contributed by atoms with Crippen molar-refractivity contribution in [3.8, 4) is 0 Å². The third kappa shape index (κ3) is 4.59. The van der Waals surface area contributed by atoms with E-state index in [2.05, 4.69) is 27.6 Å². The van der Waals surface area contributed by atoms with Gasteiger partial charge in [0.15, 0.2) is 12.6 Å². The average Bonchev–Trinajstić information content (AvgIpc) is 2.86. The van der Waals surface area contributed by atoms with Gasteiger partial charge in [0.05, 0.1) is 12.7 Å². The number of rotatable bonds is 5. The number of aliphatic hydroxyl groups is 1. The first kappa shape index (κ1) is 21.9. The van der Waals surface area contributed by atoms with Gasteiger partial charge in [-0.2, -0.15) is 0 Å². The van der Waals surface area contributed by atoms with Gasteiger partial charge < -0.3 is 24.1 Å². The van der Waals surface area contributed by atoms with Crippen molar-refractivity contribution in [2.24, 2.45) is 0 Å². The zero-order valence-corrected chi connectivity index (χ0v) is 19.4. The normalized spacial score (nSPS) is 29.9. The Kier molecular flexibility index (Phi) is 6.82. The van der Waals surface area contributed by atoms with Crippen LogP contribution in [0.4, 0.5) is 0 Å².